The third-order valence-corrected chi connectivity index (χ3v) is 5.07. The molecule has 0 saturated carbocycles. The highest BCUT2D eigenvalue weighted by atomic mass is 16.6. The normalized spacial score (nSPS) is 10.4. The Bertz CT molecular complexity index is 1140. The molecule has 188 valence electrons. The van der Waals surface area contributed by atoms with Gasteiger partial charge in [-0.25, -0.2) is 9.59 Å². The minimum absolute atomic E-state index is 0.219. The van der Waals surface area contributed by atoms with E-state index in [9.17, 15) is 14.4 Å². The topological polar surface area (TPSA) is 97.4 Å². The van der Waals surface area contributed by atoms with Crippen molar-refractivity contribution in [2.45, 2.75) is 13.3 Å². The van der Waals surface area contributed by atoms with Gasteiger partial charge in [0.1, 0.15) is 24.7 Å². The van der Waals surface area contributed by atoms with Crippen molar-refractivity contribution in [2.75, 3.05) is 33.5 Å². The van der Waals surface area contributed by atoms with Gasteiger partial charge in [-0.2, -0.15) is 0 Å². The highest BCUT2D eigenvalue weighted by Crippen LogP contribution is 2.24. The average molecular weight is 493 g/mol. The van der Waals surface area contributed by atoms with Gasteiger partial charge in [-0.05, 0) is 59.7 Å². The molecular weight excluding hydrogens is 464 g/mol. The van der Waals surface area contributed by atoms with E-state index in [4.69, 9.17) is 23.7 Å². The Labute approximate surface area is 209 Å². The van der Waals surface area contributed by atoms with Gasteiger partial charge in [-0.3, -0.25) is 4.79 Å². The van der Waals surface area contributed by atoms with Gasteiger partial charge in [0.2, 0.25) is 0 Å². The molecule has 0 spiro atoms. The molecule has 0 heterocycles. The van der Waals surface area contributed by atoms with E-state index >= 15 is 0 Å². The fourth-order valence-corrected chi connectivity index (χ4v) is 3.12. The standard InChI is InChI=1S/C28H28O8/c1-3-26(29)35-19-17-33-16-18-34-24-12-10-23(11-13-24)28(31)36-25-14-8-21(9-15-25)20-4-6-22(7-5-20)27(30)32-2/h4-15H,3,16-19H2,1-2H3. The Morgan fingerprint density at radius 3 is 1.78 bits per heavy atom. The second-order valence-electron chi connectivity index (χ2n) is 7.54. The molecule has 36 heavy (non-hydrogen) atoms. The van der Waals surface area contributed by atoms with E-state index in [1.165, 1.54) is 7.11 Å². The first-order chi connectivity index (χ1) is 17.5. The molecule has 0 aliphatic rings. The highest BCUT2D eigenvalue weighted by Gasteiger charge is 2.10. The van der Waals surface area contributed by atoms with Crippen LogP contribution < -0.4 is 9.47 Å². The predicted molar refractivity (Wildman–Crippen MR) is 132 cm³/mol. The lowest BCUT2D eigenvalue weighted by atomic mass is 10.0. The smallest absolute Gasteiger partial charge is 0.343 e. The lowest BCUT2D eigenvalue weighted by Gasteiger charge is -2.09. The van der Waals surface area contributed by atoms with Crippen LogP contribution in [0.5, 0.6) is 11.5 Å². The monoisotopic (exact) mass is 492 g/mol. The number of esters is 3. The number of rotatable bonds is 12. The first-order valence-corrected chi connectivity index (χ1v) is 11.5. The fraction of sp³-hybridized carbons (Fsp3) is 0.250. The van der Waals surface area contributed by atoms with Crippen LogP contribution in [0, 0.1) is 0 Å². The summed E-state index contributed by atoms with van der Waals surface area (Å²) in [4.78, 5) is 35.1. The predicted octanol–water partition coefficient (Wildman–Crippen LogP) is 4.71. The van der Waals surface area contributed by atoms with Crippen LogP contribution in [0.2, 0.25) is 0 Å². The van der Waals surface area contributed by atoms with E-state index in [1.54, 1.807) is 55.5 Å². The van der Waals surface area contributed by atoms with Gasteiger partial charge in [0.05, 0.1) is 31.5 Å². The molecule has 0 saturated heterocycles. The van der Waals surface area contributed by atoms with E-state index in [1.807, 2.05) is 24.3 Å². The molecule has 3 rings (SSSR count). The summed E-state index contributed by atoms with van der Waals surface area (Å²) in [5.41, 5.74) is 2.70. The zero-order chi connectivity index (χ0) is 25.8. The molecule has 8 heteroatoms. The van der Waals surface area contributed by atoms with Crippen LogP contribution in [0.1, 0.15) is 34.1 Å². The maximum atomic E-state index is 12.5. The number of benzene rings is 3. The maximum Gasteiger partial charge on any atom is 0.343 e. The molecular formula is C28H28O8. The summed E-state index contributed by atoms with van der Waals surface area (Å²) in [5.74, 6) is -0.121. The van der Waals surface area contributed by atoms with Crippen molar-refractivity contribution >= 4 is 17.9 Å². The number of hydrogen-bond donors (Lipinski definition) is 0. The quantitative estimate of drug-likeness (QED) is 0.204. The fourth-order valence-electron chi connectivity index (χ4n) is 3.12. The average Bonchev–Trinajstić information content (AvgIpc) is 2.92. The molecule has 0 bridgehead atoms. The van der Waals surface area contributed by atoms with Crippen molar-refractivity contribution < 1.29 is 38.1 Å². The second-order valence-corrected chi connectivity index (χ2v) is 7.54. The van der Waals surface area contributed by atoms with Crippen LogP contribution in [0.25, 0.3) is 11.1 Å². The molecule has 0 aliphatic heterocycles. The molecule has 0 N–H and O–H groups in total. The zero-order valence-electron chi connectivity index (χ0n) is 20.2. The summed E-state index contributed by atoms with van der Waals surface area (Å²) in [6, 6.07) is 20.8. The number of methoxy groups -OCH3 is 1. The maximum absolute atomic E-state index is 12.5. The van der Waals surface area contributed by atoms with Gasteiger partial charge in [-0.15, -0.1) is 0 Å². The Morgan fingerprint density at radius 2 is 1.17 bits per heavy atom. The Kier molecular flexibility index (Phi) is 10.0. The molecule has 8 nitrogen and oxygen atoms in total. The zero-order valence-corrected chi connectivity index (χ0v) is 20.2. The Hall–Kier alpha value is -4.17. The molecule has 0 unspecified atom stereocenters. The summed E-state index contributed by atoms with van der Waals surface area (Å²) < 4.78 is 26.0. The molecule has 0 fully saturated rings. The third-order valence-electron chi connectivity index (χ3n) is 5.07. The van der Waals surface area contributed by atoms with E-state index < -0.39 is 5.97 Å². The molecule has 3 aromatic rings. The summed E-state index contributed by atoms with van der Waals surface area (Å²) in [6.07, 6.45) is 0.342. The van der Waals surface area contributed by atoms with Gasteiger partial charge >= 0.3 is 17.9 Å². The van der Waals surface area contributed by atoms with Crippen LogP contribution in [0.3, 0.4) is 0 Å². The minimum Gasteiger partial charge on any atom is -0.491 e. The summed E-state index contributed by atoms with van der Waals surface area (Å²) in [5, 5.41) is 0. The molecule has 3 aromatic carbocycles. The summed E-state index contributed by atoms with van der Waals surface area (Å²) in [6.45, 7) is 2.93. The lowest BCUT2D eigenvalue weighted by molar-refractivity contribution is -0.144. The van der Waals surface area contributed by atoms with Gasteiger partial charge in [-0.1, -0.05) is 31.2 Å². The SMILES string of the molecule is CCC(=O)OCCOCCOc1ccc(C(=O)Oc2ccc(-c3ccc(C(=O)OC)cc3)cc2)cc1. The number of hydrogen-bond acceptors (Lipinski definition) is 8. The van der Waals surface area contributed by atoms with Crippen LogP contribution >= 0.6 is 0 Å². The Balaban J connectivity index is 1.44. The first-order valence-electron chi connectivity index (χ1n) is 11.5. The second kappa shape index (κ2) is 13.7. The van der Waals surface area contributed by atoms with Crippen molar-refractivity contribution in [3.8, 4) is 22.6 Å². The molecule has 0 radical (unpaired) electrons. The first kappa shape index (κ1) is 26.4. The van der Waals surface area contributed by atoms with Crippen LogP contribution in [0.15, 0.2) is 72.8 Å². The van der Waals surface area contributed by atoms with E-state index in [0.717, 1.165) is 11.1 Å². The Morgan fingerprint density at radius 1 is 0.639 bits per heavy atom. The molecule has 0 aliphatic carbocycles. The van der Waals surface area contributed by atoms with E-state index in [0.29, 0.717) is 48.9 Å². The van der Waals surface area contributed by atoms with Crippen molar-refractivity contribution in [3.05, 3.63) is 83.9 Å². The van der Waals surface area contributed by atoms with Crippen molar-refractivity contribution in [2.24, 2.45) is 0 Å². The van der Waals surface area contributed by atoms with Gasteiger partial charge in [0, 0.05) is 6.42 Å². The van der Waals surface area contributed by atoms with E-state index in [2.05, 4.69) is 0 Å². The molecule has 0 atom stereocenters. The summed E-state index contributed by atoms with van der Waals surface area (Å²) >= 11 is 0. The minimum atomic E-state index is -0.485. The lowest BCUT2D eigenvalue weighted by Crippen LogP contribution is -2.13. The number of ether oxygens (including phenoxy) is 5. The molecule has 0 aromatic heterocycles. The van der Waals surface area contributed by atoms with Crippen molar-refractivity contribution in [1.29, 1.82) is 0 Å². The van der Waals surface area contributed by atoms with Crippen LogP contribution in [-0.4, -0.2) is 51.4 Å². The van der Waals surface area contributed by atoms with Crippen LogP contribution in [0.4, 0.5) is 0 Å². The van der Waals surface area contributed by atoms with Crippen molar-refractivity contribution in [3.63, 3.8) is 0 Å². The largest absolute Gasteiger partial charge is 0.491 e. The third kappa shape index (κ3) is 7.95. The highest BCUT2D eigenvalue weighted by molar-refractivity contribution is 5.91. The van der Waals surface area contributed by atoms with Crippen molar-refractivity contribution in [1.82, 2.24) is 0 Å². The van der Waals surface area contributed by atoms with Crippen LogP contribution in [-0.2, 0) is 19.0 Å². The van der Waals surface area contributed by atoms with Gasteiger partial charge in [0.15, 0.2) is 0 Å². The van der Waals surface area contributed by atoms with Gasteiger partial charge < -0.3 is 23.7 Å². The molecule has 0 amide bonds. The van der Waals surface area contributed by atoms with Gasteiger partial charge in [0.25, 0.3) is 0 Å². The van der Waals surface area contributed by atoms with E-state index in [-0.39, 0.29) is 18.5 Å². The number of carbonyl (C=O) groups excluding carboxylic acids is 3. The summed E-state index contributed by atoms with van der Waals surface area (Å²) in [7, 11) is 1.34. The number of carbonyl (C=O) groups is 3.